The molecule has 2 aromatic rings. The van der Waals surface area contributed by atoms with Crippen molar-refractivity contribution < 1.29 is 4.79 Å². The van der Waals surface area contributed by atoms with Crippen molar-refractivity contribution in [1.82, 2.24) is 15.3 Å². The van der Waals surface area contributed by atoms with Crippen molar-refractivity contribution in [2.75, 3.05) is 5.75 Å². The van der Waals surface area contributed by atoms with Crippen molar-refractivity contribution in [3.05, 3.63) is 36.5 Å². The second-order valence-electron chi connectivity index (χ2n) is 6.19. The van der Waals surface area contributed by atoms with Crippen molar-refractivity contribution in [3.63, 3.8) is 0 Å². The van der Waals surface area contributed by atoms with Crippen LogP contribution in [-0.4, -0.2) is 27.7 Å². The quantitative estimate of drug-likeness (QED) is 0.819. The molecule has 1 saturated carbocycles. The van der Waals surface area contributed by atoms with E-state index in [1.165, 1.54) is 31.0 Å². The highest BCUT2D eigenvalue weighted by Crippen LogP contribution is 2.24. The molecule has 122 valence electrons. The van der Waals surface area contributed by atoms with E-state index in [0.29, 0.717) is 17.7 Å². The fourth-order valence-corrected chi connectivity index (χ4v) is 3.71. The maximum Gasteiger partial charge on any atom is 0.230 e. The van der Waals surface area contributed by atoms with Crippen LogP contribution < -0.4 is 5.32 Å². The van der Waals surface area contributed by atoms with Crippen LogP contribution in [0.15, 0.2) is 41.7 Å². The van der Waals surface area contributed by atoms with E-state index in [-0.39, 0.29) is 5.91 Å². The molecule has 2 unspecified atom stereocenters. The maximum atomic E-state index is 12.1. The number of aromatic amines is 1. The predicted molar refractivity (Wildman–Crippen MR) is 94.3 cm³/mol. The number of hydrogen-bond acceptors (Lipinski definition) is 3. The summed E-state index contributed by atoms with van der Waals surface area (Å²) in [4.78, 5) is 19.8. The summed E-state index contributed by atoms with van der Waals surface area (Å²) in [5.74, 6) is 1.10. The summed E-state index contributed by atoms with van der Waals surface area (Å²) < 4.78 is 0. The van der Waals surface area contributed by atoms with E-state index in [9.17, 15) is 4.79 Å². The van der Waals surface area contributed by atoms with Gasteiger partial charge in [-0.15, -0.1) is 0 Å². The first-order valence-electron chi connectivity index (χ1n) is 8.25. The van der Waals surface area contributed by atoms with Gasteiger partial charge in [-0.05, 0) is 24.3 Å². The van der Waals surface area contributed by atoms with E-state index in [1.807, 2.05) is 36.5 Å². The van der Waals surface area contributed by atoms with Gasteiger partial charge in [-0.1, -0.05) is 61.9 Å². The molecule has 0 radical (unpaired) electrons. The lowest BCUT2D eigenvalue weighted by atomic mass is 9.86. The molecular weight excluding hydrogens is 306 g/mol. The van der Waals surface area contributed by atoms with Gasteiger partial charge in [0.05, 0.1) is 17.6 Å². The van der Waals surface area contributed by atoms with Crippen LogP contribution in [0.3, 0.4) is 0 Å². The van der Waals surface area contributed by atoms with Gasteiger partial charge in [0.2, 0.25) is 5.91 Å². The van der Waals surface area contributed by atoms with Crippen molar-refractivity contribution in [1.29, 1.82) is 0 Å². The molecule has 0 saturated heterocycles. The monoisotopic (exact) mass is 329 g/mol. The molecule has 1 amide bonds. The number of thioether (sulfide) groups is 1. The zero-order valence-electron chi connectivity index (χ0n) is 13.4. The molecular formula is C18H23N3OS. The number of nitrogens with one attached hydrogen (secondary N) is 2. The van der Waals surface area contributed by atoms with Crippen LogP contribution in [0.5, 0.6) is 0 Å². The zero-order valence-corrected chi connectivity index (χ0v) is 14.2. The Labute approximate surface area is 141 Å². The largest absolute Gasteiger partial charge is 0.352 e. The molecule has 0 spiro atoms. The van der Waals surface area contributed by atoms with Crippen LogP contribution in [0.25, 0.3) is 11.3 Å². The minimum atomic E-state index is 0.103. The Kier molecular flexibility index (Phi) is 5.39. The van der Waals surface area contributed by atoms with Gasteiger partial charge < -0.3 is 10.3 Å². The SMILES string of the molecule is CC1CCCCC1NC(=O)CSc1ncc(-c2ccccc2)[nH]1. The molecule has 1 heterocycles. The Hall–Kier alpha value is -1.75. The van der Waals surface area contributed by atoms with Gasteiger partial charge in [-0.25, -0.2) is 4.98 Å². The van der Waals surface area contributed by atoms with E-state index in [4.69, 9.17) is 0 Å². The number of benzene rings is 1. The average molecular weight is 329 g/mol. The Bertz CT molecular complexity index is 641. The lowest BCUT2D eigenvalue weighted by Gasteiger charge is -2.29. The van der Waals surface area contributed by atoms with Crippen molar-refractivity contribution in [3.8, 4) is 11.3 Å². The highest BCUT2D eigenvalue weighted by molar-refractivity contribution is 7.99. The molecule has 5 heteroatoms. The lowest BCUT2D eigenvalue weighted by Crippen LogP contribution is -2.41. The molecule has 23 heavy (non-hydrogen) atoms. The number of rotatable bonds is 5. The van der Waals surface area contributed by atoms with Gasteiger partial charge in [0.1, 0.15) is 0 Å². The fraction of sp³-hybridized carbons (Fsp3) is 0.444. The number of imidazole rings is 1. The van der Waals surface area contributed by atoms with E-state index in [1.54, 1.807) is 0 Å². The predicted octanol–water partition coefficient (Wildman–Crippen LogP) is 3.86. The number of nitrogens with zero attached hydrogens (tertiary/aromatic N) is 1. The van der Waals surface area contributed by atoms with Gasteiger partial charge in [0, 0.05) is 6.04 Å². The summed E-state index contributed by atoms with van der Waals surface area (Å²) in [5, 5.41) is 3.96. The standard InChI is InChI=1S/C18H23N3OS/c1-13-7-5-6-10-15(13)20-17(22)12-23-18-19-11-16(21-18)14-8-3-2-4-9-14/h2-4,8-9,11,13,15H,5-7,10,12H2,1H3,(H,19,21)(H,20,22). The molecule has 0 bridgehead atoms. The van der Waals surface area contributed by atoms with Crippen LogP contribution in [-0.2, 0) is 4.79 Å². The molecule has 1 aliphatic rings. The normalized spacial score (nSPS) is 21.1. The number of aromatic nitrogens is 2. The summed E-state index contributed by atoms with van der Waals surface area (Å²) in [5.41, 5.74) is 2.08. The Morgan fingerprint density at radius 2 is 2.09 bits per heavy atom. The molecule has 1 aliphatic carbocycles. The number of carbonyl (C=O) groups excluding carboxylic acids is 1. The van der Waals surface area contributed by atoms with Crippen LogP contribution in [0, 0.1) is 5.92 Å². The van der Waals surface area contributed by atoms with Crippen LogP contribution in [0.2, 0.25) is 0 Å². The van der Waals surface area contributed by atoms with Gasteiger partial charge in [-0.2, -0.15) is 0 Å². The molecule has 4 nitrogen and oxygen atoms in total. The molecule has 0 aliphatic heterocycles. The number of hydrogen-bond donors (Lipinski definition) is 2. The summed E-state index contributed by atoms with van der Waals surface area (Å²) in [6, 6.07) is 10.4. The molecule has 1 fully saturated rings. The van der Waals surface area contributed by atoms with Crippen molar-refractivity contribution in [2.45, 2.75) is 43.8 Å². The smallest absolute Gasteiger partial charge is 0.230 e. The zero-order chi connectivity index (χ0) is 16.1. The summed E-state index contributed by atoms with van der Waals surface area (Å²) in [6.45, 7) is 2.23. The van der Waals surface area contributed by atoms with E-state index >= 15 is 0 Å². The molecule has 1 aromatic heterocycles. The van der Waals surface area contributed by atoms with Gasteiger partial charge in [0.25, 0.3) is 0 Å². The third-order valence-electron chi connectivity index (χ3n) is 4.44. The number of carbonyl (C=O) groups is 1. The highest BCUT2D eigenvalue weighted by atomic mass is 32.2. The van der Waals surface area contributed by atoms with Gasteiger partial charge >= 0.3 is 0 Å². The topological polar surface area (TPSA) is 57.8 Å². The third kappa shape index (κ3) is 4.38. The molecule has 1 aromatic carbocycles. The first kappa shape index (κ1) is 16.1. The van der Waals surface area contributed by atoms with Crippen molar-refractivity contribution >= 4 is 17.7 Å². The molecule has 3 rings (SSSR count). The number of H-pyrrole nitrogens is 1. The van der Waals surface area contributed by atoms with Crippen LogP contribution in [0.4, 0.5) is 0 Å². The number of amides is 1. The van der Waals surface area contributed by atoms with E-state index in [2.05, 4.69) is 22.2 Å². The second kappa shape index (κ2) is 7.68. The highest BCUT2D eigenvalue weighted by Gasteiger charge is 2.22. The first-order valence-corrected chi connectivity index (χ1v) is 9.23. The summed E-state index contributed by atoms with van der Waals surface area (Å²) in [6.07, 6.45) is 6.66. The van der Waals surface area contributed by atoms with E-state index in [0.717, 1.165) is 22.8 Å². The Balaban J connectivity index is 1.50. The molecule has 2 atom stereocenters. The molecule has 2 N–H and O–H groups in total. The van der Waals surface area contributed by atoms with Gasteiger partial charge in [0.15, 0.2) is 5.16 Å². The summed E-state index contributed by atoms with van der Waals surface area (Å²) >= 11 is 1.46. The minimum Gasteiger partial charge on any atom is -0.352 e. The lowest BCUT2D eigenvalue weighted by molar-refractivity contribution is -0.119. The third-order valence-corrected chi connectivity index (χ3v) is 5.32. The van der Waals surface area contributed by atoms with Gasteiger partial charge in [-0.3, -0.25) is 4.79 Å². The minimum absolute atomic E-state index is 0.103. The first-order chi connectivity index (χ1) is 11.2. The Morgan fingerprint density at radius 1 is 1.30 bits per heavy atom. The summed E-state index contributed by atoms with van der Waals surface area (Å²) in [7, 11) is 0. The second-order valence-corrected chi connectivity index (χ2v) is 7.16. The Morgan fingerprint density at radius 3 is 2.87 bits per heavy atom. The van der Waals surface area contributed by atoms with Crippen LogP contribution >= 0.6 is 11.8 Å². The van der Waals surface area contributed by atoms with Crippen molar-refractivity contribution in [2.24, 2.45) is 5.92 Å². The van der Waals surface area contributed by atoms with Crippen LogP contribution in [0.1, 0.15) is 32.6 Å². The fourth-order valence-electron chi connectivity index (χ4n) is 3.05. The average Bonchev–Trinajstić information content (AvgIpc) is 3.05. The van der Waals surface area contributed by atoms with E-state index < -0.39 is 0 Å². The maximum absolute atomic E-state index is 12.1.